The Bertz CT molecular complexity index is 461. The molecule has 0 unspecified atom stereocenters. The number of hydrogen-bond donors (Lipinski definition) is 2. The maximum atomic E-state index is 12.2. The van der Waals surface area contributed by atoms with Gasteiger partial charge in [-0.2, -0.15) is 0 Å². The average Bonchev–Trinajstić information content (AvgIpc) is 2.45. The first-order chi connectivity index (χ1) is 9.97. The van der Waals surface area contributed by atoms with Gasteiger partial charge < -0.3 is 20.7 Å². The highest BCUT2D eigenvalue weighted by molar-refractivity contribution is 5.98. The standard InChI is InChI=1S/C16H27N3O2/c1-5-21-15-13(8-6-9-14(15)17)16(20)18-10-7-11-19(4)12(2)3/h6,8-9,12H,5,7,10-11,17H2,1-4H3,(H,18,20). The lowest BCUT2D eigenvalue weighted by Gasteiger charge is -2.20. The van der Waals surface area contributed by atoms with Crippen molar-refractivity contribution in [1.82, 2.24) is 10.2 Å². The summed E-state index contributed by atoms with van der Waals surface area (Å²) in [7, 11) is 2.08. The van der Waals surface area contributed by atoms with Crippen molar-refractivity contribution in [3.05, 3.63) is 23.8 Å². The largest absolute Gasteiger partial charge is 0.491 e. The molecule has 0 aliphatic heterocycles. The number of nitrogens with zero attached hydrogens (tertiary/aromatic N) is 1. The minimum absolute atomic E-state index is 0.141. The molecule has 5 nitrogen and oxygen atoms in total. The van der Waals surface area contributed by atoms with Crippen LogP contribution in [0.1, 0.15) is 37.6 Å². The Labute approximate surface area is 127 Å². The number of ether oxygens (including phenoxy) is 1. The van der Waals surface area contributed by atoms with Gasteiger partial charge in [0.1, 0.15) is 0 Å². The summed E-state index contributed by atoms with van der Waals surface area (Å²) in [4.78, 5) is 14.5. The Hall–Kier alpha value is -1.75. The molecule has 0 aliphatic rings. The number of amides is 1. The average molecular weight is 293 g/mol. The third kappa shape index (κ3) is 5.27. The van der Waals surface area contributed by atoms with Crippen LogP contribution in [0.4, 0.5) is 5.69 Å². The van der Waals surface area contributed by atoms with Crippen molar-refractivity contribution < 1.29 is 9.53 Å². The number of nitrogens with one attached hydrogen (secondary N) is 1. The van der Waals surface area contributed by atoms with Crippen molar-refractivity contribution in [2.75, 3.05) is 32.5 Å². The smallest absolute Gasteiger partial charge is 0.255 e. The molecule has 21 heavy (non-hydrogen) atoms. The molecule has 3 N–H and O–H groups in total. The van der Waals surface area contributed by atoms with Gasteiger partial charge >= 0.3 is 0 Å². The van der Waals surface area contributed by atoms with Crippen LogP contribution in [0.3, 0.4) is 0 Å². The van der Waals surface area contributed by atoms with Gasteiger partial charge in [-0.3, -0.25) is 4.79 Å². The molecule has 118 valence electrons. The third-order valence-electron chi connectivity index (χ3n) is 3.43. The summed E-state index contributed by atoms with van der Waals surface area (Å²) < 4.78 is 5.47. The van der Waals surface area contributed by atoms with Gasteiger partial charge in [0.2, 0.25) is 0 Å². The Morgan fingerprint density at radius 2 is 2.14 bits per heavy atom. The van der Waals surface area contributed by atoms with E-state index in [9.17, 15) is 4.79 Å². The number of benzene rings is 1. The molecule has 1 rings (SSSR count). The molecule has 0 aliphatic carbocycles. The summed E-state index contributed by atoms with van der Waals surface area (Å²) >= 11 is 0. The van der Waals surface area contributed by atoms with Crippen molar-refractivity contribution in [2.45, 2.75) is 33.2 Å². The number of carbonyl (C=O) groups is 1. The summed E-state index contributed by atoms with van der Waals surface area (Å²) in [6.45, 7) is 8.24. The van der Waals surface area contributed by atoms with Gasteiger partial charge in [0.25, 0.3) is 5.91 Å². The first-order valence-corrected chi connectivity index (χ1v) is 7.47. The van der Waals surface area contributed by atoms with Crippen molar-refractivity contribution in [2.24, 2.45) is 0 Å². The van der Waals surface area contributed by atoms with Crippen LogP contribution in [0.5, 0.6) is 5.75 Å². The van der Waals surface area contributed by atoms with Gasteiger partial charge in [0.15, 0.2) is 5.75 Å². The zero-order valence-corrected chi connectivity index (χ0v) is 13.5. The SMILES string of the molecule is CCOc1c(N)cccc1C(=O)NCCCN(C)C(C)C. The molecule has 0 saturated heterocycles. The van der Waals surface area contributed by atoms with E-state index < -0.39 is 0 Å². The van der Waals surface area contributed by atoms with E-state index >= 15 is 0 Å². The van der Waals surface area contributed by atoms with E-state index in [0.717, 1.165) is 13.0 Å². The highest BCUT2D eigenvalue weighted by atomic mass is 16.5. The lowest BCUT2D eigenvalue weighted by molar-refractivity contribution is 0.0948. The van der Waals surface area contributed by atoms with Crippen LogP contribution in [0.2, 0.25) is 0 Å². The molecule has 0 heterocycles. The van der Waals surface area contributed by atoms with Gasteiger partial charge in [-0.05, 0) is 52.9 Å². The van der Waals surface area contributed by atoms with Gasteiger partial charge in [-0.1, -0.05) is 6.07 Å². The van der Waals surface area contributed by atoms with Gasteiger partial charge in [0.05, 0.1) is 17.9 Å². The molecule has 0 saturated carbocycles. The highest BCUT2D eigenvalue weighted by Gasteiger charge is 2.14. The molecule has 0 bridgehead atoms. The lowest BCUT2D eigenvalue weighted by Crippen LogP contribution is -2.31. The maximum absolute atomic E-state index is 12.2. The third-order valence-corrected chi connectivity index (χ3v) is 3.43. The van der Waals surface area contributed by atoms with E-state index in [1.54, 1.807) is 18.2 Å². The second-order valence-corrected chi connectivity index (χ2v) is 5.34. The molecule has 1 aromatic rings. The number of rotatable bonds is 8. The molecule has 1 amide bonds. The molecule has 0 spiro atoms. The lowest BCUT2D eigenvalue weighted by atomic mass is 10.1. The quantitative estimate of drug-likeness (QED) is 0.569. The Balaban J connectivity index is 2.54. The molecule has 0 atom stereocenters. The summed E-state index contributed by atoms with van der Waals surface area (Å²) in [5.74, 6) is 0.328. The topological polar surface area (TPSA) is 67.6 Å². The van der Waals surface area contributed by atoms with Crippen LogP contribution in [0.25, 0.3) is 0 Å². The normalized spacial score (nSPS) is 11.0. The Morgan fingerprint density at radius 1 is 1.43 bits per heavy atom. The second kappa shape index (κ2) is 8.52. The van der Waals surface area contributed by atoms with Crippen molar-refractivity contribution in [3.63, 3.8) is 0 Å². The fraction of sp³-hybridized carbons (Fsp3) is 0.562. The van der Waals surface area contributed by atoms with E-state index in [4.69, 9.17) is 10.5 Å². The van der Waals surface area contributed by atoms with Crippen LogP contribution in [-0.2, 0) is 0 Å². The molecule has 0 fully saturated rings. The first-order valence-electron chi connectivity index (χ1n) is 7.47. The van der Waals surface area contributed by atoms with Crippen molar-refractivity contribution in [3.8, 4) is 5.75 Å². The second-order valence-electron chi connectivity index (χ2n) is 5.34. The minimum Gasteiger partial charge on any atom is -0.491 e. The van der Waals surface area contributed by atoms with Crippen LogP contribution in [-0.4, -0.2) is 43.6 Å². The number of nitrogen functional groups attached to an aromatic ring is 1. The molecular weight excluding hydrogens is 266 g/mol. The number of nitrogens with two attached hydrogens (primary N) is 1. The van der Waals surface area contributed by atoms with Crippen LogP contribution < -0.4 is 15.8 Å². The Morgan fingerprint density at radius 3 is 2.76 bits per heavy atom. The highest BCUT2D eigenvalue weighted by Crippen LogP contribution is 2.26. The molecule has 1 aromatic carbocycles. The number of anilines is 1. The van der Waals surface area contributed by atoms with E-state index in [1.165, 1.54) is 0 Å². The van der Waals surface area contributed by atoms with Crippen LogP contribution in [0.15, 0.2) is 18.2 Å². The molecule has 5 heteroatoms. The molecular formula is C16H27N3O2. The van der Waals surface area contributed by atoms with Gasteiger partial charge in [-0.25, -0.2) is 0 Å². The van der Waals surface area contributed by atoms with Crippen LogP contribution in [0, 0.1) is 0 Å². The Kier molecular flexibility index (Phi) is 7.02. The number of carbonyl (C=O) groups excluding carboxylic acids is 1. The zero-order valence-electron chi connectivity index (χ0n) is 13.5. The summed E-state index contributed by atoms with van der Waals surface area (Å²) in [6.07, 6.45) is 0.909. The summed E-state index contributed by atoms with van der Waals surface area (Å²) in [6, 6.07) is 5.74. The van der Waals surface area contributed by atoms with Gasteiger partial charge in [0, 0.05) is 12.6 Å². The summed E-state index contributed by atoms with van der Waals surface area (Å²) in [5.41, 5.74) is 6.85. The monoisotopic (exact) mass is 293 g/mol. The number of para-hydroxylation sites is 1. The fourth-order valence-electron chi connectivity index (χ4n) is 1.92. The maximum Gasteiger partial charge on any atom is 0.255 e. The van der Waals surface area contributed by atoms with Crippen molar-refractivity contribution >= 4 is 11.6 Å². The predicted octanol–water partition coefficient (Wildman–Crippen LogP) is 2.13. The molecule has 0 aromatic heterocycles. The number of hydrogen-bond acceptors (Lipinski definition) is 4. The van der Waals surface area contributed by atoms with Gasteiger partial charge in [-0.15, -0.1) is 0 Å². The van der Waals surface area contributed by atoms with E-state index in [2.05, 4.69) is 31.1 Å². The minimum atomic E-state index is -0.141. The van der Waals surface area contributed by atoms with Crippen molar-refractivity contribution in [1.29, 1.82) is 0 Å². The van der Waals surface area contributed by atoms with Crippen LogP contribution >= 0.6 is 0 Å². The van der Waals surface area contributed by atoms with E-state index in [-0.39, 0.29) is 5.91 Å². The fourth-order valence-corrected chi connectivity index (χ4v) is 1.92. The predicted molar refractivity (Wildman–Crippen MR) is 86.7 cm³/mol. The molecule has 0 radical (unpaired) electrons. The van der Waals surface area contributed by atoms with E-state index in [1.807, 2.05) is 6.92 Å². The summed E-state index contributed by atoms with van der Waals surface area (Å²) in [5, 5.41) is 2.92. The first kappa shape index (κ1) is 17.3. The van der Waals surface area contributed by atoms with E-state index in [0.29, 0.717) is 36.2 Å². The zero-order chi connectivity index (χ0) is 15.8.